The van der Waals surface area contributed by atoms with Crippen molar-refractivity contribution in [3.05, 3.63) is 24.5 Å². The van der Waals surface area contributed by atoms with Crippen molar-refractivity contribution in [1.29, 1.82) is 0 Å². The van der Waals surface area contributed by atoms with E-state index in [1.165, 1.54) is 32.1 Å². The highest BCUT2D eigenvalue weighted by molar-refractivity contribution is 5.29. The zero-order valence-corrected chi connectivity index (χ0v) is 10.8. The van der Waals surface area contributed by atoms with Crippen LogP contribution < -0.4 is 5.32 Å². The molecule has 1 aromatic rings. The van der Waals surface area contributed by atoms with E-state index in [1.807, 2.05) is 13.0 Å². The second-order valence-electron chi connectivity index (χ2n) is 5.01. The van der Waals surface area contributed by atoms with E-state index in [1.54, 1.807) is 0 Å². The molecule has 2 rings (SSSR count). The molecule has 0 aromatic carbocycles. The number of aromatic nitrogens is 2. The molecule has 1 saturated carbocycles. The fraction of sp³-hybridized carbons (Fsp3) is 0.643. The molecule has 0 amide bonds. The SMILES string of the molecule is C=CCn1cc(C)nc1NCCC1CCCC1. The third-order valence-electron chi connectivity index (χ3n) is 3.53. The Morgan fingerprint density at radius 2 is 2.29 bits per heavy atom. The predicted molar refractivity (Wildman–Crippen MR) is 72.2 cm³/mol. The van der Waals surface area contributed by atoms with Crippen LogP contribution in [0.5, 0.6) is 0 Å². The standard InChI is InChI=1S/C14H23N3/c1-3-10-17-11-12(2)16-14(17)15-9-8-13-6-4-5-7-13/h3,11,13H,1,4-10H2,2H3,(H,15,16). The summed E-state index contributed by atoms with van der Waals surface area (Å²) in [6.45, 7) is 7.67. The fourth-order valence-electron chi connectivity index (χ4n) is 2.65. The fourth-order valence-corrected chi connectivity index (χ4v) is 2.65. The normalized spacial score (nSPS) is 16.3. The van der Waals surface area contributed by atoms with Gasteiger partial charge in [-0.1, -0.05) is 31.8 Å². The Kier molecular flexibility index (Phi) is 4.24. The van der Waals surface area contributed by atoms with Crippen LogP contribution in [0.2, 0.25) is 0 Å². The van der Waals surface area contributed by atoms with Crippen LogP contribution in [0.4, 0.5) is 5.95 Å². The van der Waals surface area contributed by atoms with Crippen LogP contribution in [0.25, 0.3) is 0 Å². The zero-order valence-electron chi connectivity index (χ0n) is 10.8. The second-order valence-corrected chi connectivity index (χ2v) is 5.01. The Morgan fingerprint density at radius 3 is 3.00 bits per heavy atom. The summed E-state index contributed by atoms with van der Waals surface area (Å²) in [7, 11) is 0. The van der Waals surface area contributed by atoms with Crippen molar-refractivity contribution >= 4 is 5.95 Å². The second kappa shape index (κ2) is 5.89. The number of hydrogen-bond donors (Lipinski definition) is 1. The number of rotatable bonds is 6. The highest BCUT2D eigenvalue weighted by atomic mass is 15.2. The van der Waals surface area contributed by atoms with Gasteiger partial charge in [0.15, 0.2) is 0 Å². The van der Waals surface area contributed by atoms with Crippen LogP contribution in [-0.2, 0) is 6.54 Å². The van der Waals surface area contributed by atoms with Crippen molar-refractivity contribution in [1.82, 2.24) is 9.55 Å². The summed E-state index contributed by atoms with van der Waals surface area (Å²) in [5.41, 5.74) is 1.07. The maximum Gasteiger partial charge on any atom is 0.203 e. The van der Waals surface area contributed by atoms with Crippen molar-refractivity contribution < 1.29 is 0 Å². The van der Waals surface area contributed by atoms with Gasteiger partial charge >= 0.3 is 0 Å². The lowest BCUT2D eigenvalue weighted by atomic mass is 10.0. The Hall–Kier alpha value is -1.25. The van der Waals surface area contributed by atoms with Gasteiger partial charge in [0.1, 0.15) is 0 Å². The van der Waals surface area contributed by atoms with Crippen LogP contribution >= 0.6 is 0 Å². The van der Waals surface area contributed by atoms with Gasteiger partial charge in [0.2, 0.25) is 5.95 Å². The average molecular weight is 233 g/mol. The number of hydrogen-bond acceptors (Lipinski definition) is 2. The minimum Gasteiger partial charge on any atom is -0.356 e. The lowest BCUT2D eigenvalue weighted by Gasteiger charge is -2.11. The van der Waals surface area contributed by atoms with E-state index < -0.39 is 0 Å². The molecule has 0 atom stereocenters. The summed E-state index contributed by atoms with van der Waals surface area (Å²) < 4.78 is 2.12. The minimum atomic E-state index is 0.826. The van der Waals surface area contributed by atoms with Crippen LogP contribution in [0.1, 0.15) is 37.8 Å². The molecule has 0 aliphatic heterocycles. The quantitative estimate of drug-likeness (QED) is 0.763. The first-order valence-electron chi connectivity index (χ1n) is 6.68. The summed E-state index contributed by atoms with van der Waals surface area (Å²) in [6.07, 6.45) is 10.9. The summed E-state index contributed by atoms with van der Waals surface area (Å²) >= 11 is 0. The molecule has 1 aliphatic carbocycles. The van der Waals surface area contributed by atoms with Crippen LogP contribution in [0.15, 0.2) is 18.9 Å². The third-order valence-corrected chi connectivity index (χ3v) is 3.53. The first kappa shape index (κ1) is 12.2. The number of nitrogens with zero attached hydrogens (tertiary/aromatic N) is 2. The molecule has 17 heavy (non-hydrogen) atoms. The van der Waals surface area contributed by atoms with Gasteiger partial charge in [-0.05, 0) is 19.3 Å². The molecule has 1 fully saturated rings. The summed E-state index contributed by atoms with van der Waals surface area (Å²) in [4.78, 5) is 4.50. The topological polar surface area (TPSA) is 29.9 Å². The van der Waals surface area contributed by atoms with Crippen molar-refractivity contribution in [2.45, 2.75) is 45.6 Å². The van der Waals surface area contributed by atoms with Gasteiger partial charge in [0, 0.05) is 19.3 Å². The van der Waals surface area contributed by atoms with Crippen molar-refractivity contribution in [2.75, 3.05) is 11.9 Å². The third kappa shape index (κ3) is 3.35. The summed E-state index contributed by atoms with van der Waals surface area (Å²) in [5.74, 6) is 1.92. The Balaban J connectivity index is 1.82. The molecule has 3 nitrogen and oxygen atoms in total. The maximum absolute atomic E-state index is 4.50. The van der Waals surface area contributed by atoms with Gasteiger partial charge in [-0.3, -0.25) is 0 Å². The molecule has 1 aliphatic rings. The molecule has 0 bridgehead atoms. The number of nitrogens with one attached hydrogen (secondary N) is 1. The predicted octanol–water partition coefficient (Wildman–Crippen LogP) is 3.37. The Morgan fingerprint density at radius 1 is 1.53 bits per heavy atom. The molecule has 1 aromatic heterocycles. The number of imidazole rings is 1. The highest BCUT2D eigenvalue weighted by Gasteiger charge is 2.14. The Labute approximate surface area is 104 Å². The molecule has 3 heteroatoms. The summed E-state index contributed by atoms with van der Waals surface area (Å²) in [5, 5.41) is 3.45. The van der Waals surface area contributed by atoms with E-state index in [2.05, 4.69) is 27.6 Å². The van der Waals surface area contributed by atoms with E-state index in [0.717, 1.165) is 30.6 Å². The number of anilines is 1. The van der Waals surface area contributed by atoms with E-state index in [0.29, 0.717) is 0 Å². The van der Waals surface area contributed by atoms with Gasteiger partial charge in [0.25, 0.3) is 0 Å². The molecule has 0 saturated heterocycles. The minimum absolute atomic E-state index is 0.826. The van der Waals surface area contributed by atoms with Crippen LogP contribution in [-0.4, -0.2) is 16.1 Å². The van der Waals surface area contributed by atoms with E-state index in [4.69, 9.17) is 0 Å². The van der Waals surface area contributed by atoms with Gasteiger partial charge in [-0.15, -0.1) is 6.58 Å². The molecule has 0 radical (unpaired) electrons. The molecule has 0 spiro atoms. The lowest BCUT2D eigenvalue weighted by molar-refractivity contribution is 0.517. The maximum atomic E-state index is 4.50. The Bertz CT molecular complexity index is 362. The monoisotopic (exact) mass is 233 g/mol. The zero-order chi connectivity index (χ0) is 12.1. The lowest BCUT2D eigenvalue weighted by Crippen LogP contribution is -2.10. The highest BCUT2D eigenvalue weighted by Crippen LogP contribution is 2.27. The molecule has 0 unspecified atom stereocenters. The van der Waals surface area contributed by atoms with Crippen molar-refractivity contribution in [3.8, 4) is 0 Å². The van der Waals surface area contributed by atoms with Crippen LogP contribution in [0, 0.1) is 12.8 Å². The molecular weight excluding hydrogens is 210 g/mol. The van der Waals surface area contributed by atoms with Gasteiger partial charge in [0.05, 0.1) is 5.69 Å². The van der Waals surface area contributed by atoms with Crippen LogP contribution in [0.3, 0.4) is 0 Å². The first-order valence-corrected chi connectivity index (χ1v) is 6.68. The molecule has 94 valence electrons. The molecule has 1 N–H and O–H groups in total. The van der Waals surface area contributed by atoms with Gasteiger partial charge < -0.3 is 9.88 Å². The largest absolute Gasteiger partial charge is 0.356 e. The van der Waals surface area contributed by atoms with E-state index in [9.17, 15) is 0 Å². The number of aryl methyl sites for hydroxylation is 1. The smallest absolute Gasteiger partial charge is 0.203 e. The van der Waals surface area contributed by atoms with E-state index >= 15 is 0 Å². The van der Waals surface area contributed by atoms with Gasteiger partial charge in [-0.2, -0.15) is 0 Å². The first-order chi connectivity index (χ1) is 8.29. The van der Waals surface area contributed by atoms with E-state index in [-0.39, 0.29) is 0 Å². The molecule has 1 heterocycles. The van der Waals surface area contributed by atoms with Crippen molar-refractivity contribution in [3.63, 3.8) is 0 Å². The number of allylic oxidation sites excluding steroid dienone is 1. The average Bonchev–Trinajstić information content (AvgIpc) is 2.90. The van der Waals surface area contributed by atoms with Crippen molar-refractivity contribution in [2.24, 2.45) is 5.92 Å². The molecular formula is C14H23N3. The summed E-state index contributed by atoms with van der Waals surface area (Å²) in [6, 6.07) is 0. The van der Waals surface area contributed by atoms with Gasteiger partial charge in [-0.25, -0.2) is 4.98 Å².